The average molecular weight is 474 g/mol. The van der Waals surface area contributed by atoms with Crippen LogP contribution in [0.3, 0.4) is 0 Å². The van der Waals surface area contributed by atoms with Crippen molar-refractivity contribution in [2.75, 3.05) is 13.7 Å². The number of benzene rings is 2. The van der Waals surface area contributed by atoms with Crippen molar-refractivity contribution in [1.29, 1.82) is 0 Å². The molecule has 0 N–H and O–H groups in total. The Bertz CT molecular complexity index is 1410. The van der Waals surface area contributed by atoms with Crippen molar-refractivity contribution in [3.8, 4) is 11.3 Å². The first-order valence-electron chi connectivity index (χ1n) is 11.5. The number of likely N-dealkylation sites (N-methyl/N-ethyl adjacent to an activating group) is 1. The minimum Gasteiger partial charge on any atom is -0.452 e. The van der Waals surface area contributed by atoms with E-state index in [1.807, 2.05) is 18.2 Å². The van der Waals surface area contributed by atoms with Gasteiger partial charge < -0.3 is 14.2 Å². The summed E-state index contributed by atoms with van der Waals surface area (Å²) < 4.78 is 24.1. The molecule has 1 amide bonds. The molecule has 1 atom stereocenters. The summed E-state index contributed by atoms with van der Waals surface area (Å²) >= 11 is 0. The van der Waals surface area contributed by atoms with E-state index in [9.17, 15) is 14.0 Å². The first-order chi connectivity index (χ1) is 16.9. The van der Waals surface area contributed by atoms with Crippen molar-refractivity contribution in [1.82, 2.24) is 15.0 Å². The molecule has 2 heterocycles. The number of hydrogen-bond donors (Lipinski definition) is 0. The summed E-state index contributed by atoms with van der Waals surface area (Å²) in [6.07, 6.45) is 2.85. The SMILES string of the molecule is Cc1noc2nc(-c3ccc(F)cc3)cc(C(=O)OCC(=O)N(C)C3CCCc4ccccc43)c12. The van der Waals surface area contributed by atoms with E-state index in [4.69, 9.17) is 9.26 Å². The largest absolute Gasteiger partial charge is 0.452 e. The van der Waals surface area contributed by atoms with Gasteiger partial charge in [0.15, 0.2) is 6.61 Å². The molecule has 1 unspecified atom stereocenters. The molecule has 178 valence electrons. The molecule has 2 aromatic carbocycles. The highest BCUT2D eigenvalue weighted by atomic mass is 19.1. The quantitative estimate of drug-likeness (QED) is 0.378. The summed E-state index contributed by atoms with van der Waals surface area (Å²) in [4.78, 5) is 32.1. The van der Waals surface area contributed by atoms with Crippen LogP contribution in [0.1, 0.15) is 46.1 Å². The Labute approximate surface area is 201 Å². The van der Waals surface area contributed by atoms with Gasteiger partial charge in [-0.1, -0.05) is 29.4 Å². The van der Waals surface area contributed by atoms with Gasteiger partial charge in [0.2, 0.25) is 0 Å². The zero-order valence-corrected chi connectivity index (χ0v) is 19.5. The third-order valence-corrected chi connectivity index (χ3v) is 6.50. The minimum absolute atomic E-state index is 0.0517. The molecule has 0 spiro atoms. The number of aromatic nitrogens is 2. The maximum Gasteiger partial charge on any atom is 0.339 e. The Balaban J connectivity index is 1.37. The zero-order valence-electron chi connectivity index (χ0n) is 19.5. The van der Waals surface area contributed by atoms with Gasteiger partial charge in [0.25, 0.3) is 11.6 Å². The first kappa shape index (κ1) is 22.7. The van der Waals surface area contributed by atoms with Crippen LogP contribution < -0.4 is 0 Å². The number of ether oxygens (including phenoxy) is 1. The molecular formula is C27H24FN3O4. The lowest BCUT2D eigenvalue weighted by molar-refractivity contribution is -0.135. The molecule has 0 bridgehead atoms. The van der Waals surface area contributed by atoms with Crippen LogP contribution in [0.2, 0.25) is 0 Å². The summed E-state index contributed by atoms with van der Waals surface area (Å²) in [6, 6.07) is 15.4. The molecule has 8 heteroatoms. The molecule has 4 aromatic rings. The summed E-state index contributed by atoms with van der Waals surface area (Å²) in [5.41, 5.74) is 4.22. The van der Waals surface area contributed by atoms with E-state index in [0.29, 0.717) is 22.3 Å². The third kappa shape index (κ3) is 4.39. The number of pyridine rings is 1. The predicted octanol–water partition coefficient (Wildman–Crippen LogP) is 5.03. The van der Waals surface area contributed by atoms with Crippen LogP contribution in [0.25, 0.3) is 22.4 Å². The van der Waals surface area contributed by atoms with Crippen molar-refractivity contribution in [2.24, 2.45) is 0 Å². The fraction of sp³-hybridized carbons (Fsp3) is 0.259. The Hall–Kier alpha value is -4.07. The lowest BCUT2D eigenvalue weighted by Crippen LogP contribution is -2.36. The van der Waals surface area contributed by atoms with Crippen LogP contribution in [-0.4, -0.2) is 40.6 Å². The van der Waals surface area contributed by atoms with E-state index in [0.717, 1.165) is 24.8 Å². The monoisotopic (exact) mass is 473 g/mol. The number of carbonyl (C=O) groups is 2. The van der Waals surface area contributed by atoms with Gasteiger partial charge in [-0.3, -0.25) is 4.79 Å². The Morgan fingerprint density at radius 3 is 2.74 bits per heavy atom. The molecule has 0 aliphatic heterocycles. The highest BCUT2D eigenvalue weighted by molar-refractivity contribution is 6.04. The molecule has 0 saturated heterocycles. The normalized spacial score (nSPS) is 15.0. The molecule has 0 saturated carbocycles. The standard InChI is InChI=1S/C27H24FN3O4/c1-16-25-21(14-22(29-26(25)35-30-16)18-10-12-19(28)13-11-18)27(33)34-15-24(32)31(2)23-9-5-7-17-6-3-4-8-20(17)23/h3-4,6,8,10-14,23H,5,7,9,15H2,1-2H3. The molecule has 7 nitrogen and oxygen atoms in total. The second kappa shape index (κ2) is 9.29. The van der Waals surface area contributed by atoms with Crippen LogP contribution >= 0.6 is 0 Å². The zero-order chi connectivity index (χ0) is 24.5. The maximum absolute atomic E-state index is 13.4. The smallest absolute Gasteiger partial charge is 0.339 e. The van der Waals surface area contributed by atoms with E-state index in [1.54, 1.807) is 37.1 Å². The molecule has 1 aliphatic rings. The molecule has 0 radical (unpaired) electrons. The average Bonchev–Trinajstić information content (AvgIpc) is 3.26. The number of carbonyl (C=O) groups excluding carboxylic acids is 2. The van der Waals surface area contributed by atoms with Crippen molar-refractivity contribution >= 4 is 23.0 Å². The van der Waals surface area contributed by atoms with Gasteiger partial charge in [-0.05, 0) is 67.6 Å². The summed E-state index contributed by atoms with van der Waals surface area (Å²) in [6.45, 7) is 1.30. The molecule has 0 fully saturated rings. The third-order valence-electron chi connectivity index (χ3n) is 6.50. The van der Waals surface area contributed by atoms with Gasteiger partial charge in [0.1, 0.15) is 5.82 Å². The van der Waals surface area contributed by atoms with Gasteiger partial charge in [-0.25, -0.2) is 14.2 Å². The number of nitrogens with zero attached hydrogens (tertiary/aromatic N) is 3. The van der Waals surface area contributed by atoms with Crippen LogP contribution in [0, 0.1) is 12.7 Å². The minimum atomic E-state index is -0.683. The number of hydrogen-bond acceptors (Lipinski definition) is 6. The summed E-state index contributed by atoms with van der Waals surface area (Å²) in [5.74, 6) is -1.35. The lowest BCUT2D eigenvalue weighted by atomic mass is 9.87. The fourth-order valence-corrected chi connectivity index (χ4v) is 4.64. The van der Waals surface area contributed by atoms with Crippen LogP contribution in [0.5, 0.6) is 0 Å². The molecule has 35 heavy (non-hydrogen) atoms. The van der Waals surface area contributed by atoms with Crippen molar-refractivity contribution in [3.05, 3.63) is 82.8 Å². The maximum atomic E-state index is 13.4. The Morgan fingerprint density at radius 1 is 1.17 bits per heavy atom. The second-order valence-corrected chi connectivity index (χ2v) is 8.70. The van der Waals surface area contributed by atoms with E-state index in [2.05, 4.69) is 16.2 Å². The van der Waals surface area contributed by atoms with Gasteiger partial charge in [0, 0.05) is 12.6 Å². The van der Waals surface area contributed by atoms with Crippen LogP contribution in [0.4, 0.5) is 4.39 Å². The summed E-state index contributed by atoms with van der Waals surface area (Å²) in [7, 11) is 1.74. The van der Waals surface area contributed by atoms with E-state index < -0.39 is 12.6 Å². The van der Waals surface area contributed by atoms with Crippen LogP contribution in [-0.2, 0) is 16.0 Å². The summed E-state index contributed by atoms with van der Waals surface area (Å²) in [5, 5.41) is 4.33. The van der Waals surface area contributed by atoms with Crippen molar-refractivity contribution < 1.29 is 23.2 Å². The van der Waals surface area contributed by atoms with Crippen molar-refractivity contribution in [2.45, 2.75) is 32.2 Å². The number of halogens is 1. The molecule has 1 aliphatic carbocycles. The number of fused-ring (bicyclic) bond motifs is 2. The van der Waals surface area contributed by atoms with Gasteiger partial charge in [-0.2, -0.15) is 0 Å². The van der Waals surface area contributed by atoms with Crippen molar-refractivity contribution in [3.63, 3.8) is 0 Å². The second-order valence-electron chi connectivity index (χ2n) is 8.70. The number of amides is 1. The number of rotatable bonds is 5. The Morgan fingerprint density at radius 2 is 1.94 bits per heavy atom. The topological polar surface area (TPSA) is 85.5 Å². The molecular weight excluding hydrogens is 449 g/mol. The highest BCUT2D eigenvalue weighted by Gasteiger charge is 2.28. The van der Waals surface area contributed by atoms with Crippen LogP contribution in [0.15, 0.2) is 59.1 Å². The number of esters is 1. The van der Waals surface area contributed by atoms with Gasteiger partial charge >= 0.3 is 5.97 Å². The van der Waals surface area contributed by atoms with Gasteiger partial charge in [0.05, 0.1) is 28.4 Å². The molecule has 2 aromatic heterocycles. The van der Waals surface area contributed by atoms with E-state index in [-0.39, 0.29) is 29.0 Å². The predicted molar refractivity (Wildman–Crippen MR) is 127 cm³/mol. The number of aryl methyl sites for hydroxylation is 2. The highest BCUT2D eigenvalue weighted by Crippen LogP contribution is 2.33. The fourth-order valence-electron chi connectivity index (χ4n) is 4.64. The van der Waals surface area contributed by atoms with E-state index >= 15 is 0 Å². The Kier molecular flexibility index (Phi) is 6.03. The lowest BCUT2D eigenvalue weighted by Gasteiger charge is -2.33. The molecule has 5 rings (SSSR count). The van der Waals surface area contributed by atoms with Gasteiger partial charge in [-0.15, -0.1) is 0 Å². The van der Waals surface area contributed by atoms with E-state index in [1.165, 1.54) is 17.7 Å². The first-order valence-corrected chi connectivity index (χ1v) is 11.5.